The number of halogens is 2. The fourth-order valence-corrected chi connectivity index (χ4v) is 2.46. The number of unbranched alkanes of at least 4 members (excludes halogenated alkanes) is 2. The van der Waals surface area contributed by atoms with Crippen LogP contribution in [0.1, 0.15) is 32.6 Å². The molecule has 0 saturated heterocycles. The summed E-state index contributed by atoms with van der Waals surface area (Å²) in [6.07, 6.45) is 3.00. The highest BCUT2D eigenvalue weighted by Gasteiger charge is 2.09. The zero-order valence-electron chi connectivity index (χ0n) is 12.1. The third-order valence-electron chi connectivity index (χ3n) is 2.78. The van der Waals surface area contributed by atoms with Crippen molar-refractivity contribution in [2.24, 2.45) is 0 Å². The van der Waals surface area contributed by atoms with E-state index < -0.39 is 5.76 Å². The van der Waals surface area contributed by atoms with Crippen LogP contribution >= 0.6 is 11.8 Å². The lowest BCUT2D eigenvalue weighted by molar-refractivity contribution is -0.143. The van der Waals surface area contributed by atoms with Crippen molar-refractivity contribution < 1.29 is 18.3 Å². The van der Waals surface area contributed by atoms with E-state index >= 15 is 0 Å². The number of hydrogen-bond donors (Lipinski definition) is 1. The van der Waals surface area contributed by atoms with Crippen molar-refractivity contribution in [3.63, 3.8) is 0 Å². The zero-order chi connectivity index (χ0) is 15.5. The van der Waals surface area contributed by atoms with Crippen LogP contribution in [0, 0.1) is 0 Å². The molecule has 0 aliphatic carbocycles. The topological polar surface area (TPSA) is 38.3 Å². The number of ether oxygens (including phenoxy) is 1. The maximum absolute atomic E-state index is 12.4. The molecule has 1 aromatic carbocycles. The fourth-order valence-electron chi connectivity index (χ4n) is 1.84. The fraction of sp³-hybridized carbons (Fsp3) is 0.533. The quantitative estimate of drug-likeness (QED) is 0.391. The van der Waals surface area contributed by atoms with Gasteiger partial charge in [0.25, 0.3) is 5.76 Å². The van der Waals surface area contributed by atoms with E-state index in [9.17, 15) is 13.6 Å². The predicted molar refractivity (Wildman–Crippen MR) is 81.9 cm³/mol. The van der Waals surface area contributed by atoms with Crippen molar-refractivity contribution in [3.8, 4) is 0 Å². The maximum Gasteiger partial charge on any atom is 0.305 e. The Balaban J connectivity index is 2.22. The minimum atomic E-state index is -2.42. The van der Waals surface area contributed by atoms with Gasteiger partial charge in [-0.2, -0.15) is 8.78 Å². The van der Waals surface area contributed by atoms with Gasteiger partial charge in [0.05, 0.1) is 6.61 Å². The monoisotopic (exact) mass is 317 g/mol. The zero-order valence-corrected chi connectivity index (χ0v) is 12.9. The lowest BCUT2D eigenvalue weighted by Crippen LogP contribution is -2.05. The number of rotatable bonds is 10. The molecule has 0 unspecified atom stereocenters. The number of anilines is 1. The van der Waals surface area contributed by atoms with Crippen molar-refractivity contribution in [2.75, 3.05) is 18.5 Å². The van der Waals surface area contributed by atoms with Crippen LogP contribution in [0.3, 0.4) is 0 Å². The Bertz CT molecular complexity index is 430. The second-order valence-electron chi connectivity index (χ2n) is 4.42. The number of esters is 1. The lowest BCUT2D eigenvalue weighted by Gasteiger charge is -2.11. The summed E-state index contributed by atoms with van der Waals surface area (Å²) in [4.78, 5) is 11.7. The summed E-state index contributed by atoms with van der Waals surface area (Å²) in [6.45, 7) is 2.90. The largest absolute Gasteiger partial charge is 0.466 e. The van der Waals surface area contributed by atoms with E-state index in [4.69, 9.17) is 4.74 Å². The van der Waals surface area contributed by atoms with E-state index in [1.807, 2.05) is 6.07 Å². The Morgan fingerprint density at radius 3 is 2.76 bits per heavy atom. The van der Waals surface area contributed by atoms with Gasteiger partial charge in [-0.1, -0.05) is 30.3 Å². The van der Waals surface area contributed by atoms with Gasteiger partial charge >= 0.3 is 5.97 Å². The van der Waals surface area contributed by atoms with Crippen LogP contribution in [-0.4, -0.2) is 24.9 Å². The molecule has 0 fully saturated rings. The second-order valence-corrected chi connectivity index (χ2v) is 5.45. The van der Waals surface area contributed by atoms with Crippen LogP contribution in [0.25, 0.3) is 0 Å². The molecule has 0 aliphatic rings. The van der Waals surface area contributed by atoms with Gasteiger partial charge in [-0.15, -0.1) is 0 Å². The van der Waals surface area contributed by atoms with Gasteiger partial charge in [-0.05, 0) is 31.9 Å². The first-order chi connectivity index (χ1) is 10.1. The van der Waals surface area contributed by atoms with Crippen LogP contribution in [0.15, 0.2) is 29.2 Å². The van der Waals surface area contributed by atoms with Gasteiger partial charge in [0, 0.05) is 23.5 Å². The Morgan fingerprint density at radius 1 is 1.29 bits per heavy atom. The summed E-state index contributed by atoms with van der Waals surface area (Å²) in [5.74, 6) is -2.58. The van der Waals surface area contributed by atoms with Crippen LogP contribution < -0.4 is 5.32 Å². The first-order valence-corrected chi connectivity index (χ1v) is 7.94. The molecule has 0 aliphatic heterocycles. The third kappa shape index (κ3) is 7.90. The van der Waals surface area contributed by atoms with Crippen LogP contribution in [0.5, 0.6) is 0 Å². The molecule has 0 spiro atoms. The molecule has 21 heavy (non-hydrogen) atoms. The summed E-state index contributed by atoms with van der Waals surface area (Å²) >= 11 is 0.546. The van der Waals surface area contributed by atoms with Crippen molar-refractivity contribution >= 4 is 23.4 Å². The molecule has 1 N–H and O–H groups in total. The van der Waals surface area contributed by atoms with E-state index in [-0.39, 0.29) is 5.97 Å². The average Bonchev–Trinajstić information content (AvgIpc) is 2.44. The summed E-state index contributed by atoms with van der Waals surface area (Å²) in [5.41, 5.74) is 0.730. The molecule has 0 radical (unpaired) electrons. The van der Waals surface area contributed by atoms with Crippen LogP contribution in [0.2, 0.25) is 0 Å². The molecule has 1 aromatic rings. The van der Waals surface area contributed by atoms with Gasteiger partial charge in [0.1, 0.15) is 0 Å². The molecule has 0 bridgehead atoms. The van der Waals surface area contributed by atoms with E-state index in [1.54, 1.807) is 25.1 Å². The summed E-state index contributed by atoms with van der Waals surface area (Å²) < 4.78 is 29.7. The molecule has 0 aromatic heterocycles. The average molecular weight is 317 g/mol. The minimum absolute atomic E-state index is 0.163. The van der Waals surface area contributed by atoms with E-state index in [0.717, 1.165) is 24.9 Å². The first kappa shape index (κ1) is 17.8. The molecular weight excluding hydrogens is 296 g/mol. The van der Waals surface area contributed by atoms with Gasteiger partial charge in [-0.3, -0.25) is 4.79 Å². The minimum Gasteiger partial charge on any atom is -0.466 e. The molecule has 0 heterocycles. The molecule has 0 saturated carbocycles. The normalized spacial score (nSPS) is 10.7. The van der Waals surface area contributed by atoms with Gasteiger partial charge in [0.2, 0.25) is 0 Å². The highest BCUT2D eigenvalue weighted by molar-refractivity contribution is 7.99. The SMILES string of the molecule is CCOC(=O)CCCCCNc1ccccc1SC(F)F. The second kappa shape index (κ2) is 10.4. The highest BCUT2D eigenvalue weighted by atomic mass is 32.2. The van der Waals surface area contributed by atoms with E-state index in [0.29, 0.717) is 36.2 Å². The van der Waals surface area contributed by atoms with Crippen molar-refractivity contribution in [2.45, 2.75) is 43.3 Å². The van der Waals surface area contributed by atoms with Crippen molar-refractivity contribution in [1.29, 1.82) is 0 Å². The molecular formula is C15H21F2NO2S. The Labute approximate surface area is 128 Å². The number of carbonyl (C=O) groups is 1. The number of nitrogens with one attached hydrogen (secondary N) is 1. The van der Waals surface area contributed by atoms with Crippen LogP contribution in [0.4, 0.5) is 14.5 Å². The smallest absolute Gasteiger partial charge is 0.305 e. The summed E-state index contributed by atoms with van der Waals surface area (Å²) in [6, 6.07) is 7.04. The van der Waals surface area contributed by atoms with E-state index in [1.165, 1.54) is 0 Å². The third-order valence-corrected chi connectivity index (χ3v) is 3.57. The summed E-state index contributed by atoms with van der Waals surface area (Å²) in [5, 5.41) is 3.16. The van der Waals surface area contributed by atoms with Gasteiger partial charge in [0.15, 0.2) is 0 Å². The van der Waals surface area contributed by atoms with Crippen LogP contribution in [-0.2, 0) is 9.53 Å². The number of thioether (sulfide) groups is 1. The Hall–Kier alpha value is -1.30. The molecule has 6 heteroatoms. The molecule has 118 valence electrons. The first-order valence-electron chi connectivity index (χ1n) is 7.06. The maximum atomic E-state index is 12.4. The van der Waals surface area contributed by atoms with Crippen molar-refractivity contribution in [1.82, 2.24) is 0 Å². The van der Waals surface area contributed by atoms with Gasteiger partial charge in [-0.25, -0.2) is 0 Å². The summed E-state index contributed by atoms with van der Waals surface area (Å²) in [7, 11) is 0. The number of alkyl halides is 2. The van der Waals surface area contributed by atoms with E-state index in [2.05, 4.69) is 5.32 Å². The molecule has 1 rings (SSSR count). The molecule has 0 atom stereocenters. The predicted octanol–water partition coefficient (Wildman–Crippen LogP) is 4.54. The number of hydrogen-bond acceptors (Lipinski definition) is 4. The number of benzene rings is 1. The Morgan fingerprint density at radius 2 is 2.05 bits per heavy atom. The Kier molecular flexibility index (Phi) is 8.82. The highest BCUT2D eigenvalue weighted by Crippen LogP contribution is 2.31. The molecule has 3 nitrogen and oxygen atoms in total. The standard InChI is InChI=1S/C15H21F2NO2S/c1-2-20-14(19)10-4-3-7-11-18-12-8-5-6-9-13(12)21-15(16)17/h5-6,8-9,15,18H,2-4,7,10-11H2,1H3. The number of para-hydroxylation sites is 1. The molecule has 0 amide bonds. The number of carbonyl (C=O) groups excluding carboxylic acids is 1. The van der Waals surface area contributed by atoms with Crippen molar-refractivity contribution in [3.05, 3.63) is 24.3 Å². The van der Waals surface area contributed by atoms with Gasteiger partial charge < -0.3 is 10.1 Å². The lowest BCUT2D eigenvalue weighted by atomic mass is 10.2.